The Morgan fingerprint density at radius 3 is 1.81 bits per heavy atom. The molecule has 0 spiro atoms. The maximum Gasteiger partial charge on any atom is 0.327 e. The molecule has 0 aliphatic heterocycles. The third-order valence-electron chi connectivity index (χ3n) is 8.45. The van der Waals surface area contributed by atoms with Crippen LogP contribution in [0.15, 0.2) is 24.3 Å². The Bertz CT molecular complexity index is 1600. The Balaban J connectivity index is 2.67. The molecule has 6 amide bonds. The van der Waals surface area contributed by atoms with Crippen LogP contribution < -0.4 is 37.6 Å². The molecule has 1 rings (SSSR count). The second-order valence-corrected chi connectivity index (χ2v) is 13.7. The van der Waals surface area contributed by atoms with Crippen LogP contribution in [0, 0.1) is 11.3 Å². The van der Waals surface area contributed by atoms with Crippen molar-refractivity contribution in [3.05, 3.63) is 35.4 Å². The van der Waals surface area contributed by atoms with Crippen molar-refractivity contribution in [3.8, 4) is 0 Å². The third kappa shape index (κ3) is 22.6. The third-order valence-corrected chi connectivity index (χ3v) is 8.82. The zero-order valence-corrected chi connectivity index (χ0v) is 32.8. The van der Waals surface area contributed by atoms with Crippen molar-refractivity contribution in [2.75, 3.05) is 18.8 Å². The zero-order chi connectivity index (χ0) is 43.6. The van der Waals surface area contributed by atoms with E-state index in [9.17, 15) is 58.5 Å². The Kier molecular flexibility index (Phi) is 23.9. The molecule has 4 atom stereocenters. The van der Waals surface area contributed by atoms with Crippen molar-refractivity contribution >= 4 is 72.0 Å². The van der Waals surface area contributed by atoms with Gasteiger partial charge in [-0.2, -0.15) is 12.6 Å². The second kappa shape index (κ2) is 27.6. The van der Waals surface area contributed by atoms with Crippen LogP contribution >= 0.6 is 12.6 Å². The molecular formula is C36H54N8O13S. The molecule has 21 nitrogen and oxygen atoms in total. The van der Waals surface area contributed by atoms with E-state index in [0.29, 0.717) is 36.8 Å². The lowest BCUT2D eigenvalue weighted by Gasteiger charge is -2.22. The molecule has 13 N–H and O–H groups in total. The number of urea groups is 2. The monoisotopic (exact) mass is 838 g/mol. The van der Waals surface area contributed by atoms with Gasteiger partial charge in [0.1, 0.15) is 12.1 Å². The first kappa shape index (κ1) is 50.1. The number of benzene rings is 1. The fourth-order valence-electron chi connectivity index (χ4n) is 5.34. The van der Waals surface area contributed by atoms with Gasteiger partial charge in [0.2, 0.25) is 11.8 Å². The number of Topliss-reactive ketones (excluding diaryl/α,β-unsaturated/α-hetero) is 1. The van der Waals surface area contributed by atoms with E-state index < -0.39 is 90.4 Å². The summed E-state index contributed by atoms with van der Waals surface area (Å²) in [5.74, 6) is -8.92. The Labute approximate surface area is 339 Å². The number of nitrogens with two attached hydrogens (primary N) is 1. The molecule has 322 valence electrons. The van der Waals surface area contributed by atoms with E-state index in [2.05, 4.69) is 44.5 Å². The van der Waals surface area contributed by atoms with Gasteiger partial charge < -0.3 is 58.1 Å². The number of carboxylic acid groups (broad SMARTS) is 4. The number of ketones is 1. The maximum atomic E-state index is 13.4. The van der Waals surface area contributed by atoms with Gasteiger partial charge in [-0.05, 0) is 49.7 Å². The zero-order valence-electron chi connectivity index (χ0n) is 31.9. The van der Waals surface area contributed by atoms with Crippen LogP contribution in [0.2, 0.25) is 0 Å². The predicted octanol–water partition coefficient (Wildman–Crippen LogP) is 0.346. The number of hydrogen-bond donors (Lipinski definition) is 13. The highest BCUT2D eigenvalue weighted by atomic mass is 32.1. The number of carbonyl (C=O) groups is 9. The van der Waals surface area contributed by atoms with E-state index in [0.717, 1.165) is 0 Å². The standard InChI is InChI=1S/C36H54N8O13S/c37-28(38)8-2-1-6-24(27(45)17-23(18-31(49)50)32(51)43-26(20-58)34(54)55)42-29(46)16-21-10-12-22(13-11-21)19-41-35(56)39-14-4-3-7-25(33(52)53)44-36(57)40-15-5-9-30(47)48/h10-13,23-26,58H,1-9,14-20H2,(H3,37,38)(H,42,46)(H,43,51)(H,47,48)(H,49,50)(H,52,53)(H,54,55)(H2,39,41,56)(H2,40,44,57)/t23-,24-,25?,26-/m0/s1. The normalized spacial score (nSPS) is 12.7. The molecule has 0 radical (unpaired) electrons. The molecule has 0 saturated heterocycles. The summed E-state index contributed by atoms with van der Waals surface area (Å²) >= 11 is 3.88. The summed E-state index contributed by atoms with van der Waals surface area (Å²) in [5.41, 5.74) is 6.67. The molecule has 0 fully saturated rings. The Morgan fingerprint density at radius 2 is 1.22 bits per heavy atom. The molecule has 0 aromatic heterocycles. The van der Waals surface area contributed by atoms with Crippen LogP contribution in [0.5, 0.6) is 0 Å². The average molecular weight is 839 g/mol. The Hall–Kier alpha value is -5.93. The number of hydrogen-bond acceptors (Lipinski definition) is 11. The lowest BCUT2D eigenvalue weighted by Crippen LogP contribution is -2.47. The minimum atomic E-state index is -1.42. The fourth-order valence-corrected chi connectivity index (χ4v) is 5.59. The molecule has 0 saturated carbocycles. The van der Waals surface area contributed by atoms with Gasteiger partial charge in [0.15, 0.2) is 5.78 Å². The molecule has 22 heteroatoms. The van der Waals surface area contributed by atoms with E-state index in [1.54, 1.807) is 24.3 Å². The summed E-state index contributed by atoms with van der Waals surface area (Å²) in [4.78, 5) is 108. The number of amides is 6. The second-order valence-electron chi connectivity index (χ2n) is 13.3. The number of amidine groups is 1. The van der Waals surface area contributed by atoms with Crippen molar-refractivity contribution < 1.29 is 63.6 Å². The molecule has 1 aromatic carbocycles. The molecule has 0 bridgehead atoms. The highest BCUT2D eigenvalue weighted by molar-refractivity contribution is 7.80. The topological polar surface area (TPSA) is 357 Å². The SMILES string of the molecule is N=C(N)CCCC[C@H](NC(=O)Cc1ccc(CNC(=O)NCCCCC(NC(=O)NCCCC(=O)O)C(=O)O)cc1)C(=O)C[C@@H](CC(=O)O)C(=O)N[C@@H](CS)C(=O)O. The first-order chi connectivity index (χ1) is 27.4. The van der Waals surface area contributed by atoms with Crippen LogP contribution in [0.3, 0.4) is 0 Å². The van der Waals surface area contributed by atoms with Gasteiger partial charge in [-0.3, -0.25) is 29.4 Å². The first-order valence-corrected chi connectivity index (χ1v) is 19.1. The van der Waals surface area contributed by atoms with E-state index >= 15 is 0 Å². The van der Waals surface area contributed by atoms with Crippen LogP contribution in [0.1, 0.15) is 81.8 Å². The molecular weight excluding hydrogens is 785 g/mol. The molecule has 0 heterocycles. The van der Waals surface area contributed by atoms with Gasteiger partial charge >= 0.3 is 35.9 Å². The number of unbranched alkanes of at least 4 members (excludes halogenated alkanes) is 2. The number of nitrogens with one attached hydrogen (secondary N) is 7. The van der Waals surface area contributed by atoms with Crippen molar-refractivity contribution in [3.63, 3.8) is 0 Å². The van der Waals surface area contributed by atoms with E-state index in [4.69, 9.17) is 16.2 Å². The quantitative estimate of drug-likeness (QED) is 0.0215. The molecule has 58 heavy (non-hydrogen) atoms. The van der Waals surface area contributed by atoms with Gasteiger partial charge in [0.05, 0.1) is 30.6 Å². The number of aliphatic carboxylic acids is 4. The number of carboxylic acids is 4. The van der Waals surface area contributed by atoms with Gasteiger partial charge in [-0.15, -0.1) is 0 Å². The molecule has 1 unspecified atom stereocenters. The van der Waals surface area contributed by atoms with Crippen LogP contribution in [-0.2, 0) is 46.5 Å². The first-order valence-electron chi connectivity index (χ1n) is 18.5. The van der Waals surface area contributed by atoms with Crippen LogP contribution in [0.25, 0.3) is 0 Å². The number of thiol groups is 1. The Morgan fingerprint density at radius 1 is 0.638 bits per heavy atom. The highest BCUT2D eigenvalue weighted by Crippen LogP contribution is 2.16. The van der Waals surface area contributed by atoms with Crippen molar-refractivity contribution in [2.24, 2.45) is 11.7 Å². The lowest BCUT2D eigenvalue weighted by molar-refractivity contribution is -0.144. The number of rotatable bonds is 30. The minimum absolute atomic E-state index is 0.0614. The number of carbonyl (C=O) groups excluding carboxylic acids is 5. The summed E-state index contributed by atoms with van der Waals surface area (Å²) in [6.45, 7) is 0.431. The smallest absolute Gasteiger partial charge is 0.327 e. The van der Waals surface area contributed by atoms with Crippen LogP contribution in [0.4, 0.5) is 9.59 Å². The van der Waals surface area contributed by atoms with E-state index in [-0.39, 0.29) is 69.7 Å². The largest absolute Gasteiger partial charge is 0.481 e. The predicted molar refractivity (Wildman–Crippen MR) is 210 cm³/mol. The van der Waals surface area contributed by atoms with Gasteiger partial charge in [-0.1, -0.05) is 30.7 Å². The summed E-state index contributed by atoms with van der Waals surface area (Å²) in [6, 6.07) is 1.75. The highest BCUT2D eigenvalue weighted by Gasteiger charge is 2.31. The maximum absolute atomic E-state index is 13.4. The van der Waals surface area contributed by atoms with E-state index in [1.165, 1.54) is 0 Å². The van der Waals surface area contributed by atoms with Crippen molar-refractivity contribution in [1.82, 2.24) is 31.9 Å². The minimum Gasteiger partial charge on any atom is -0.481 e. The summed E-state index contributed by atoms with van der Waals surface area (Å²) in [5, 5.41) is 58.9. The van der Waals surface area contributed by atoms with Gasteiger partial charge in [-0.25, -0.2) is 19.2 Å². The van der Waals surface area contributed by atoms with Gasteiger partial charge in [0, 0.05) is 44.6 Å². The molecule has 1 aromatic rings. The summed E-state index contributed by atoms with van der Waals surface area (Å²) in [7, 11) is 0. The summed E-state index contributed by atoms with van der Waals surface area (Å²) in [6.07, 6.45) is 0.597. The van der Waals surface area contributed by atoms with E-state index in [1.807, 2.05) is 0 Å². The van der Waals surface area contributed by atoms with Crippen molar-refractivity contribution in [2.45, 2.75) is 102 Å². The fraction of sp³-hybridized carbons (Fsp3) is 0.556. The summed E-state index contributed by atoms with van der Waals surface area (Å²) < 4.78 is 0. The molecule has 0 aliphatic carbocycles. The average Bonchev–Trinajstić information content (AvgIpc) is 3.14. The van der Waals surface area contributed by atoms with Gasteiger partial charge in [0.25, 0.3) is 0 Å². The molecule has 0 aliphatic rings. The van der Waals surface area contributed by atoms with Crippen molar-refractivity contribution in [1.29, 1.82) is 5.41 Å². The lowest BCUT2D eigenvalue weighted by atomic mass is 9.92. The van der Waals surface area contributed by atoms with Crippen LogP contribution in [-0.4, -0.2) is 117 Å².